The first-order valence-corrected chi connectivity index (χ1v) is 4.27. The predicted octanol–water partition coefficient (Wildman–Crippen LogP) is -1.61. The second-order valence-electron chi connectivity index (χ2n) is 2.88. The summed E-state index contributed by atoms with van der Waals surface area (Å²) in [5.74, 6) is 9.67. The molecule has 0 bridgehead atoms. The fourth-order valence-electron chi connectivity index (χ4n) is 1.00. The summed E-state index contributed by atoms with van der Waals surface area (Å²) in [5, 5.41) is 3.23. The third-order valence-corrected chi connectivity index (χ3v) is 1.81. The number of primary amides is 2. The Kier molecular flexibility index (Phi) is 3.65. The van der Waals surface area contributed by atoms with Gasteiger partial charge in [-0.1, -0.05) is 0 Å². The highest BCUT2D eigenvalue weighted by Gasteiger charge is 2.23. The number of aromatic nitrogens is 2. The number of hydrogen-bond donors (Lipinski definition) is 4. The van der Waals surface area contributed by atoms with Gasteiger partial charge in [0.25, 0.3) is 0 Å². The molecule has 8 N–H and O–H groups in total. The Balaban J connectivity index is 3.39. The van der Waals surface area contributed by atoms with Crippen molar-refractivity contribution in [2.24, 2.45) is 28.3 Å². The molecule has 12 nitrogen and oxygen atoms in total. The van der Waals surface area contributed by atoms with Crippen molar-refractivity contribution in [2.75, 3.05) is 10.0 Å². The molecule has 12 heteroatoms. The summed E-state index contributed by atoms with van der Waals surface area (Å²) in [6.07, 6.45) is 0.894. The molecule has 0 aliphatic carbocycles. The molecular formula is C6H9N9O3. The molecule has 4 amide bonds. The largest absolute Gasteiger partial charge is 0.350 e. The maximum Gasteiger partial charge on any atom is 0.335 e. The van der Waals surface area contributed by atoms with Crippen LogP contribution in [0.2, 0.25) is 0 Å². The van der Waals surface area contributed by atoms with Crippen LogP contribution in [0, 0.1) is 4.91 Å². The predicted molar refractivity (Wildman–Crippen MR) is 60.0 cm³/mol. The summed E-state index contributed by atoms with van der Waals surface area (Å²) in [5.41, 5.74) is 9.24. The van der Waals surface area contributed by atoms with Crippen LogP contribution in [-0.4, -0.2) is 22.0 Å². The van der Waals surface area contributed by atoms with E-state index in [4.69, 9.17) is 23.2 Å². The lowest BCUT2D eigenvalue weighted by molar-refractivity contribution is 0.253. The average molecular weight is 255 g/mol. The van der Waals surface area contributed by atoms with Crippen LogP contribution in [0.3, 0.4) is 0 Å². The number of urea groups is 2. The Labute approximate surface area is 99.4 Å². The van der Waals surface area contributed by atoms with Crippen molar-refractivity contribution in [3.63, 3.8) is 0 Å². The molecule has 0 fully saturated rings. The van der Waals surface area contributed by atoms with Crippen LogP contribution in [0.15, 0.2) is 11.5 Å². The number of hydrazine groups is 2. The molecule has 0 spiro atoms. The first kappa shape index (κ1) is 13.2. The lowest BCUT2D eigenvalue weighted by atomic mass is 10.4. The van der Waals surface area contributed by atoms with Crippen molar-refractivity contribution in [1.82, 2.24) is 9.97 Å². The Bertz CT molecular complexity index is 465. The van der Waals surface area contributed by atoms with Crippen LogP contribution in [0.25, 0.3) is 0 Å². The fourth-order valence-corrected chi connectivity index (χ4v) is 1.00. The van der Waals surface area contributed by atoms with Gasteiger partial charge in [-0.15, -0.1) is 4.91 Å². The number of hydrogen-bond acceptors (Lipinski definition) is 8. The number of nitroso groups, excluding NO2 is 1. The van der Waals surface area contributed by atoms with Gasteiger partial charge in [-0.05, 0) is 5.18 Å². The summed E-state index contributed by atoms with van der Waals surface area (Å²) >= 11 is 0. The van der Waals surface area contributed by atoms with E-state index in [1.54, 1.807) is 0 Å². The third-order valence-electron chi connectivity index (χ3n) is 1.81. The van der Waals surface area contributed by atoms with Crippen molar-refractivity contribution in [3.05, 3.63) is 11.2 Å². The minimum atomic E-state index is -1.10. The Morgan fingerprint density at radius 2 is 1.44 bits per heavy atom. The number of nitrogens with two attached hydrogens (primary N) is 4. The number of rotatable bonds is 3. The number of nitrogens with zero attached hydrogens (tertiary/aromatic N) is 5. The molecule has 0 aromatic carbocycles. The van der Waals surface area contributed by atoms with Crippen molar-refractivity contribution in [1.29, 1.82) is 0 Å². The van der Waals surface area contributed by atoms with Crippen LogP contribution in [0.5, 0.6) is 0 Å². The highest BCUT2D eigenvalue weighted by molar-refractivity contribution is 5.97. The molecular weight excluding hydrogens is 246 g/mol. The van der Waals surface area contributed by atoms with Gasteiger partial charge >= 0.3 is 12.1 Å². The van der Waals surface area contributed by atoms with Gasteiger partial charge in [0.1, 0.15) is 6.33 Å². The van der Waals surface area contributed by atoms with E-state index in [0.29, 0.717) is 10.0 Å². The van der Waals surface area contributed by atoms with Gasteiger partial charge in [-0.25, -0.2) is 41.3 Å². The molecule has 96 valence electrons. The molecule has 0 saturated heterocycles. The lowest BCUT2D eigenvalue weighted by Crippen LogP contribution is -2.44. The minimum absolute atomic E-state index is 0.344. The SMILES string of the molecule is NC(=O)N(N)c1ncnc(N(N)C(N)=O)c1N=O. The molecule has 0 atom stereocenters. The summed E-state index contributed by atoms with van der Waals surface area (Å²) in [4.78, 5) is 39.5. The monoisotopic (exact) mass is 255 g/mol. The average Bonchev–Trinajstić information content (AvgIpc) is 2.35. The van der Waals surface area contributed by atoms with Gasteiger partial charge in [0, 0.05) is 0 Å². The topological polar surface area (TPSA) is 200 Å². The minimum Gasteiger partial charge on any atom is -0.350 e. The van der Waals surface area contributed by atoms with Crippen molar-refractivity contribution in [2.45, 2.75) is 0 Å². The van der Waals surface area contributed by atoms with E-state index in [0.717, 1.165) is 6.33 Å². The summed E-state index contributed by atoms with van der Waals surface area (Å²) in [6, 6.07) is -2.21. The van der Waals surface area contributed by atoms with Crippen LogP contribution in [0.1, 0.15) is 0 Å². The number of anilines is 2. The second-order valence-corrected chi connectivity index (χ2v) is 2.88. The highest BCUT2D eigenvalue weighted by atomic mass is 16.3. The van der Waals surface area contributed by atoms with Crippen LogP contribution >= 0.6 is 0 Å². The van der Waals surface area contributed by atoms with E-state index in [9.17, 15) is 14.5 Å². The molecule has 1 heterocycles. The molecule has 18 heavy (non-hydrogen) atoms. The quantitative estimate of drug-likeness (QED) is 0.215. The van der Waals surface area contributed by atoms with Gasteiger partial charge in [0.05, 0.1) is 0 Å². The van der Waals surface area contributed by atoms with Crippen LogP contribution in [-0.2, 0) is 0 Å². The zero-order valence-electron chi connectivity index (χ0n) is 8.85. The molecule has 0 aliphatic rings. The van der Waals surface area contributed by atoms with Crippen molar-refractivity contribution < 1.29 is 9.59 Å². The lowest BCUT2D eigenvalue weighted by Gasteiger charge is -2.17. The zero-order chi connectivity index (χ0) is 13.9. The van der Waals surface area contributed by atoms with E-state index in [1.807, 2.05) is 0 Å². The molecule has 1 rings (SSSR count). The molecule has 0 saturated carbocycles. The third kappa shape index (κ3) is 2.28. The molecule has 0 aliphatic heterocycles. The second kappa shape index (κ2) is 4.98. The fraction of sp³-hybridized carbons (Fsp3) is 0. The number of carbonyl (C=O) groups is 2. The standard InChI is InChI=1S/C6H9N9O3/c7-5(16)14(9)3-2(13-18)4(12-1-11-3)15(10)6(8)17/h1H,9-10H2,(H2,7,16)(H2,8,17). The molecule has 1 aromatic rings. The Morgan fingerprint density at radius 3 is 1.72 bits per heavy atom. The highest BCUT2D eigenvalue weighted by Crippen LogP contribution is 2.32. The molecule has 0 radical (unpaired) electrons. The van der Waals surface area contributed by atoms with Crippen molar-refractivity contribution in [3.8, 4) is 0 Å². The van der Waals surface area contributed by atoms with Crippen LogP contribution in [0.4, 0.5) is 26.9 Å². The van der Waals surface area contributed by atoms with E-state index >= 15 is 0 Å². The maximum atomic E-state index is 10.9. The first-order chi connectivity index (χ1) is 8.40. The first-order valence-electron chi connectivity index (χ1n) is 4.27. The Morgan fingerprint density at radius 1 is 1.06 bits per heavy atom. The van der Waals surface area contributed by atoms with Gasteiger partial charge < -0.3 is 11.5 Å². The van der Waals surface area contributed by atoms with E-state index in [-0.39, 0.29) is 0 Å². The summed E-state index contributed by atoms with van der Waals surface area (Å²) in [6.45, 7) is 0. The zero-order valence-corrected chi connectivity index (χ0v) is 8.85. The summed E-state index contributed by atoms with van der Waals surface area (Å²) in [7, 11) is 0. The molecule has 1 aromatic heterocycles. The van der Waals surface area contributed by atoms with Crippen LogP contribution < -0.4 is 33.2 Å². The van der Waals surface area contributed by atoms with E-state index in [2.05, 4.69) is 15.1 Å². The van der Waals surface area contributed by atoms with Gasteiger partial charge in [0.15, 0.2) is 17.3 Å². The normalized spacial score (nSPS) is 9.67. The smallest absolute Gasteiger partial charge is 0.335 e. The van der Waals surface area contributed by atoms with Gasteiger partial charge in [-0.2, -0.15) is 0 Å². The van der Waals surface area contributed by atoms with Crippen molar-refractivity contribution >= 4 is 29.4 Å². The number of carbonyl (C=O) groups excluding carboxylic acids is 2. The summed E-state index contributed by atoms with van der Waals surface area (Å²) < 4.78 is 0. The van der Waals surface area contributed by atoms with Gasteiger partial charge in [0.2, 0.25) is 0 Å². The van der Waals surface area contributed by atoms with E-state index < -0.39 is 29.4 Å². The number of amides is 4. The maximum absolute atomic E-state index is 10.9. The van der Waals surface area contributed by atoms with E-state index in [1.165, 1.54) is 0 Å². The Hall–Kier alpha value is -2.86. The molecule has 0 unspecified atom stereocenters. The van der Waals surface area contributed by atoms with Gasteiger partial charge in [-0.3, -0.25) is 0 Å².